The van der Waals surface area contributed by atoms with Crippen LogP contribution in [0.25, 0.3) is 0 Å². The van der Waals surface area contributed by atoms with E-state index in [1.807, 2.05) is 13.0 Å². The van der Waals surface area contributed by atoms with Gasteiger partial charge in [-0.25, -0.2) is 12.8 Å². The number of benzene rings is 2. The van der Waals surface area contributed by atoms with Gasteiger partial charge >= 0.3 is 0 Å². The van der Waals surface area contributed by atoms with Gasteiger partial charge in [0.15, 0.2) is 0 Å². The standard InChI is InChI=1S/C14H14BrFN2O2S/c1-8-6-9(2)13(10(15)7-8)18-21(19,20)14-11(16)4-3-5-12(14)17/h3-7,18H,17H2,1-2H3. The molecule has 0 amide bonds. The molecule has 0 aliphatic rings. The van der Waals surface area contributed by atoms with Crippen molar-refractivity contribution in [3.05, 3.63) is 51.7 Å². The maximum absolute atomic E-state index is 13.8. The van der Waals surface area contributed by atoms with E-state index in [1.54, 1.807) is 13.0 Å². The van der Waals surface area contributed by atoms with Crippen LogP contribution in [-0.4, -0.2) is 8.42 Å². The lowest BCUT2D eigenvalue weighted by Gasteiger charge is -2.15. The van der Waals surface area contributed by atoms with Crippen LogP contribution in [0.5, 0.6) is 0 Å². The van der Waals surface area contributed by atoms with Crippen LogP contribution in [0, 0.1) is 19.7 Å². The number of hydrogen-bond acceptors (Lipinski definition) is 3. The van der Waals surface area contributed by atoms with Crippen molar-refractivity contribution in [1.82, 2.24) is 0 Å². The Morgan fingerprint density at radius 3 is 2.48 bits per heavy atom. The molecule has 2 rings (SSSR count). The van der Waals surface area contributed by atoms with Crippen LogP contribution in [-0.2, 0) is 10.0 Å². The molecule has 0 bridgehead atoms. The van der Waals surface area contributed by atoms with Crippen LogP contribution in [0.15, 0.2) is 39.7 Å². The maximum atomic E-state index is 13.8. The van der Waals surface area contributed by atoms with E-state index < -0.39 is 20.7 Å². The van der Waals surface area contributed by atoms with Gasteiger partial charge in [0.2, 0.25) is 0 Å². The smallest absolute Gasteiger partial charge is 0.266 e. The number of sulfonamides is 1. The van der Waals surface area contributed by atoms with Crippen LogP contribution < -0.4 is 10.5 Å². The van der Waals surface area contributed by atoms with E-state index in [2.05, 4.69) is 20.7 Å². The monoisotopic (exact) mass is 372 g/mol. The van der Waals surface area contributed by atoms with Crippen molar-refractivity contribution in [3.63, 3.8) is 0 Å². The SMILES string of the molecule is Cc1cc(C)c(NS(=O)(=O)c2c(N)cccc2F)c(Br)c1. The van der Waals surface area contributed by atoms with Gasteiger partial charge in [0.25, 0.3) is 10.0 Å². The molecule has 3 N–H and O–H groups in total. The normalized spacial score (nSPS) is 11.4. The first-order chi connectivity index (χ1) is 9.72. The molecule has 2 aromatic rings. The second kappa shape index (κ2) is 5.65. The van der Waals surface area contributed by atoms with Crippen LogP contribution >= 0.6 is 15.9 Å². The molecular formula is C14H14BrFN2O2S. The number of nitrogen functional groups attached to an aromatic ring is 1. The summed E-state index contributed by atoms with van der Waals surface area (Å²) < 4.78 is 41.5. The minimum absolute atomic E-state index is 0.136. The first-order valence-corrected chi connectivity index (χ1v) is 8.33. The lowest BCUT2D eigenvalue weighted by atomic mass is 10.1. The molecule has 0 heterocycles. The molecule has 0 aliphatic heterocycles. The third-order valence-corrected chi connectivity index (χ3v) is 5.00. The number of aryl methyl sites for hydroxylation is 2. The van der Waals surface area contributed by atoms with Crippen molar-refractivity contribution in [3.8, 4) is 0 Å². The van der Waals surface area contributed by atoms with Crippen molar-refractivity contribution in [2.75, 3.05) is 10.5 Å². The summed E-state index contributed by atoms with van der Waals surface area (Å²) in [7, 11) is -4.11. The molecule has 4 nitrogen and oxygen atoms in total. The molecule has 7 heteroatoms. The molecule has 0 saturated heterocycles. The van der Waals surface area contributed by atoms with Gasteiger partial charge in [0.05, 0.1) is 11.4 Å². The molecule has 2 aromatic carbocycles. The molecule has 0 atom stereocenters. The fourth-order valence-corrected chi connectivity index (χ4v) is 4.29. The van der Waals surface area contributed by atoms with Gasteiger partial charge in [0, 0.05) is 4.47 Å². The second-order valence-electron chi connectivity index (χ2n) is 4.70. The Kier molecular flexibility index (Phi) is 4.25. The number of hydrogen-bond donors (Lipinski definition) is 2. The number of nitrogens with two attached hydrogens (primary N) is 1. The van der Waals surface area contributed by atoms with Gasteiger partial charge in [-0.15, -0.1) is 0 Å². The van der Waals surface area contributed by atoms with Crippen LogP contribution in [0.2, 0.25) is 0 Å². The summed E-state index contributed by atoms with van der Waals surface area (Å²) in [5.41, 5.74) is 7.52. The summed E-state index contributed by atoms with van der Waals surface area (Å²) in [5, 5.41) is 0. The molecule has 0 spiro atoms. The predicted octanol–water partition coefficient (Wildman–Crippen LogP) is 3.59. The average molecular weight is 373 g/mol. The molecule has 0 aliphatic carbocycles. The summed E-state index contributed by atoms with van der Waals surface area (Å²) in [6, 6.07) is 7.36. The summed E-state index contributed by atoms with van der Waals surface area (Å²) in [6.45, 7) is 3.66. The molecule has 0 fully saturated rings. The van der Waals surface area contributed by atoms with Gasteiger partial charge in [-0.3, -0.25) is 4.72 Å². The highest BCUT2D eigenvalue weighted by atomic mass is 79.9. The van der Waals surface area contributed by atoms with Crippen molar-refractivity contribution in [2.24, 2.45) is 0 Å². The highest BCUT2D eigenvalue weighted by molar-refractivity contribution is 9.10. The summed E-state index contributed by atoms with van der Waals surface area (Å²) in [6.07, 6.45) is 0. The Morgan fingerprint density at radius 1 is 1.24 bits per heavy atom. The third-order valence-electron chi connectivity index (χ3n) is 2.93. The Morgan fingerprint density at radius 2 is 1.90 bits per heavy atom. The van der Waals surface area contributed by atoms with E-state index in [0.717, 1.165) is 17.2 Å². The lowest BCUT2D eigenvalue weighted by molar-refractivity contribution is 0.571. The lowest BCUT2D eigenvalue weighted by Crippen LogP contribution is -2.17. The maximum Gasteiger partial charge on any atom is 0.266 e. The van der Waals surface area contributed by atoms with E-state index in [0.29, 0.717) is 10.2 Å². The van der Waals surface area contributed by atoms with Crippen LogP contribution in [0.3, 0.4) is 0 Å². The van der Waals surface area contributed by atoms with Crippen molar-refractivity contribution < 1.29 is 12.8 Å². The van der Waals surface area contributed by atoms with Crippen LogP contribution in [0.4, 0.5) is 15.8 Å². The Labute approximate surface area is 131 Å². The van der Waals surface area contributed by atoms with Gasteiger partial charge in [-0.2, -0.15) is 0 Å². The number of nitrogens with one attached hydrogen (secondary N) is 1. The van der Waals surface area contributed by atoms with Gasteiger partial charge < -0.3 is 5.73 Å². The van der Waals surface area contributed by atoms with E-state index >= 15 is 0 Å². The van der Waals surface area contributed by atoms with E-state index in [1.165, 1.54) is 12.1 Å². The highest BCUT2D eigenvalue weighted by Gasteiger charge is 2.23. The number of halogens is 2. The molecule has 0 aromatic heterocycles. The largest absolute Gasteiger partial charge is 0.398 e. The average Bonchev–Trinajstić information content (AvgIpc) is 2.33. The van der Waals surface area contributed by atoms with Crippen molar-refractivity contribution in [1.29, 1.82) is 0 Å². The van der Waals surface area contributed by atoms with Gasteiger partial charge in [-0.05, 0) is 59.1 Å². The third kappa shape index (κ3) is 3.19. The number of anilines is 2. The van der Waals surface area contributed by atoms with Gasteiger partial charge in [0.1, 0.15) is 10.7 Å². The summed E-state index contributed by atoms with van der Waals surface area (Å²) in [5.74, 6) is -0.886. The molecule has 21 heavy (non-hydrogen) atoms. The zero-order chi connectivity index (χ0) is 15.8. The number of rotatable bonds is 3. The van der Waals surface area contributed by atoms with E-state index in [9.17, 15) is 12.8 Å². The molecule has 0 radical (unpaired) electrons. The zero-order valence-electron chi connectivity index (χ0n) is 11.4. The fraction of sp³-hybridized carbons (Fsp3) is 0.143. The van der Waals surface area contributed by atoms with E-state index in [-0.39, 0.29) is 5.69 Å². The second-order valence-corrected chi connectivity index (χ2v) is 7.18. The first kappa shape index (κ1) is 15.8. The van der Waals surface area contributed by atoms with Gasteiger partial charge in [-0.1, -0.05) is 12.1 Å². The highest BCUT2D eigenvalue weighted by Crippen LogP contribution is 2.31. The predicted molar refractivity (Wildman–Crippen MR) is 85.2 cm³/mol. The summed E-state index contributed by atoms with van der Waals surface area (Å²) in [4.78, 5) is -0.545. The Bertz CT molecular complexity index is 763. The van der Waals surface area contributed by atoms with Crippen LogP contribution in [0.1, 0.15) is 11.1 Å². The minimum Gasteiger partial charge on any atom is -0.398 e. The topological polar surface area (TPSA) is 72.2 Å². The Hall–Kier alpha value is -1.60. The summed E-state index contributed by atoms with van der Waals surface area (Å²) >= 11 is 3.31. The molecular weight excluding hydrogens is 359 g/mol. The molecule has 0 saturated carbocycles. The Balaban J connectivity index is 2.53. The molecule has 0 unspecified atom stereocenters. The fourth-order valence-electron chi connectivity index (χ4n) is 2.04. The van der Waals surface area contributed by atoms with E-state index in [4.69, 9.17) is 5.73 Å². The molecule has 112 valence electrons. The van der Waals surface area contributed by atoms with Crippen molar-refractivity contribution >= 4 is 37.3 Å². The quantitative estimate of drug-likeness (QED) is 0.808. The zero-order valence-corrected chi connectivity index (χ0v) is 13.8. The first-order valence-electron chi connectivity index (χ1n) is 6.06. The minimum atomic E-state index is -4.11. The van der Waals surface area contributed by atoms with Crippen molar-refractivity contribution in [2.45, 2.75) is 18.7 Å².